The van der Waals surface area contributed by atoms with E-state index in [0.29, 0.717) is 24.3 Å². The zero-order valence-corrected chi connectivity index (χ0v) is 27.9. The molecular weight excluding hydrogens is 633 g/mol. The molecule has 0 aliphatic carbocycles. The zero-order valence-electron chi connectivity index (χ0n) is 27.9. The highest BCUT2D eigenvalue weighted by Crippen LogP contribution is 2.38. The van der Waals surface area contributed by atoms with Crippen molar-refractivity contribution in [1.29, 1.82) is 0 Å². The number of likely N-dealkylation sites (N-methyl/N-ethyl adjacent to an activating group) is 2. The van der Waals surface area contributed by atoms with Gasteiger partial charge in [-0.05, 0) is 63.4 Å². The molecule has 9 nitrogen and oxygen atoms in total. The van der Waals surface area contributed by atoms with Crippen LogP contribution in [0.15, 0.2) is 43.1 Å². The third kappa shape index (κ3) is 6.19. The van der Waals surface area contributed by atoms with Crippen LogP contribution in [0.1, 0.15) is 49.0 Å². The van der Waals surface area contributed by atoms with E-state index in [1.165, 1.54) is 37.4 Å². The van der Waals surface area contributed by atoms with Gasteiger partial charge in [-0.1, -0.05) is 18.6 Å². The minimum absolute atomic E-state index is 0.0402. The third-order valence-electron chi connectivity index (χ3n) is 9.76. The molecule has 4 aromatic rings. The van der Waals surface area contributed by atoms with Gasteiger partial charge in [-0.25, -0.2) is 13.2 Å². The van der Waals surface area contributed by atoms with E-state index in [0.717, 1.165) is 12.8 Å². The van der Waals surface area contributed by atoms with Crippen molar-refractivity contribution in [2.24, 2.45) is 0 Å². The Morgan fingerprint density at radius 3 is 2.71 bits per heavy atom. The minimum Gasteiger partial charge on any atom is -0.461 e. The summed E-state index contributed by atoms with van der Waals surface area (Å²) in [5.41, 5.74) is -0.669. The van der Waals surface area contributed by atoms with Crippen LogP contribution in [0.5, 0.6) is 6.01 Å². The third-order valence-corrected chi connectivity index (χ3v) is 9.76. The lowest BCUT2D eigenvalue weighted by atomic mass is 9.93. The molecule has 0 saturated carbocycles. The van der Waals surface area contributed by atoms with E-state index >= 15 is 4.39 Å². The number of Topliss-reactive ketones (excluding diaryl/α,β-unsaturated/α-hetero) is 1. The molecule has 0 radical (unpaired) electrons. The van der Waals surface area contributed by atoms with E-state index < -0.39 is 23.3 Å². The number of hydrogen-bond acceptors (Lipinski definition) is 8. The molecule has 49 heavy (non-hydrogen) atoms. The number of anilines is 1. The minimum atomic E-state index is -1.02. The van der Waals surface area contributed by atoms with Crippen LogP contribution < -0.4 is 9.64 Å². The Kier molecular flexibility index (Phi) is 9.07. The van der Waals surface area contributed by atoms with Crippen LogP contribution in [0.3, 0.4) is 0 Å². The second-order valence-electron chi connectivity index (χ2n) is 13.1. The Bertz CT molecular complexity index is 2050. The Morgan fingerprint density at radius 2 is 2.04 bits per heavy atom. The smallest absolute Gasteiger partial charge is 0.319 e. The fourth-order valence-electron chi connectivity index (χ4n) is 6.98. The van der Waals surface area contributed by atoms with E-state index in [1.807, 2.05) is 18.9 Å². The van der Waals surface area contributed by atoms with Gasteiger partial charge in [0.2, 0.25) is 5.91 Å². The predicted molar refractivity (Wildman–Crippen MR) is 182 cm³/mol. The maximum atomic E-state index is 16.9. The number of carbonyl (C=O) groups is 2. The quantitative estimate of drug-likeness (QED) is 0.127. The second kappa shape index (κ2) is 13.1. The van der Waals surface area contributed by atoms with Crippen molar-refractivity contribution in [2.75, 3.05) is 45.2 Å². The number of alkyl halides is 1. The van der Waals surface area contributed by atoms with Crippen molar-refractivity contribution >= 4 is 39.2 Å². The summed E-state index contributed by atoms with van der Waals surface area (Å²) in [4.78, 5) is 44.1. The first kappa shape index (κ1) is 33.9. The van der Waals surface area contributed by atoms with Crippen LogP contribution in [-0.4, -0.2) is 94.5 Å². The number of terminal acetylenes is 1. The number of ketones is 1. The molecular formula is C37H37F3N6O3. The molecule has 0 spiro atoms. The molecule has 4 heterocycles. The summed E-state index contributed by atoms with van der Waals surface area (Å²) in [5, 5.41) is 0.937. The van der Waals surface area contributed by atoms with E-state index in [1.54, 1.807) is 22.9 Å². The summed E-state index contributed by atoms with van der Waals surface area (Å²) in [5.74, 6) is 0.684. The number of carbonyl (C=O) groups excluding carboxylic acids is 2. The number of halogens is 3. The Morgan fingerprint density at radius 1 is 1.27 bits per heavy atom. The Labute approximate surface area is 282 Å². The summed E-state index contributed by atoms with van der Waals surface area (Å²) >= 11 is 0. The first-order valence-electron chi connectivity index (χ1n) is 16.1. The lowest BCUT2D eigenvalue weighted by Crippen LogP contribution is -2.43. The van der Waals surface area contributed by atoms with Gasteiger partial charge < -0.3 is 14.5 Å². The van der Waals surface area contributed by atoms with E-state index in [9.17, 15) is 18.4 Å². The average molecular weight is 671 g/mol. The largest absolute Gasteiger partial charge is 0.461 e. The molecule has 2 saturated heterocycles. The van der Waals surface area contributed by atoms with Gasteiger partial charge in [0.05, 0.1) is 16.5 Å². The highest BCUT2D eigenvalue weighted by Gasteiger charge is 2.41. The molecule has 2 fully saturated rings. The maximum Gasteiger partial charge on any atom is 0.319 e. The van der Waals surface area contributed by atoms with Crippen molar-refractivity contribution in [2.45, 2.75) is 50.9 Å². The van der Waals surface area contributed by atoms with Crippen LogP contribution in [0.25, 0.3) is 32.9 Å². The number of nitrogens with zero attached hydrogens (tertiary/aromatic N) is 6. The van der Waals surface area contributed by atoms with Gasteiger partial charge in [-0.3, -0.25) is 19.5 Å². The summed E-state index contributed by atoms with van der Waals surface area (Å²) in [6.07, 6.45) is 9.23. The highest BCUT2D eigenvalue weighted by molar-refractivity contribution is 6.07. The van der Waals surface area contributed by atoms with Crippen LogP contribution >= 0.6 is 0 Å². The number of aromatic nitrogens is 3. The summed E-state index contributed by atoms with van der Waals surface area (Å²) in [6.45, 7) is 8.14. The number of fused-ring (bicyclic) bond motifs is 2. The fourth-order valence-corrected chi connectivity index (χ4v) is 6.98. The Hall–Kier alpha value is -5.02. The highest BCUT2D eigenvalue weighted by atomic mass is 19.1. The number of benzene rings is 2. The molecule has 0 unspecified atom stereocenters. The number of rotatable bonds is 9. The van der Waals surface area contributed by atoms with Crippen molar-refractivity contribution in [3.8, 4) is 29.6 Å². The van der Waals surface area contributed by atoms with Crippen LogP contribution in [0.4, 0.5) is 19.0 Å². The van der Waals surface area contributed by atoms with Gasteiger partial charge in [-0.15, -0.1) is 6.42 Å². The number of ether oxygens (including phenoxy) is 1. The molecule has 1 amide bonds. The van der Waals surface area contributed by atoms with Crippen LogP contribution in [0.2, 0.25) is 0 Å². The fraction of sp³-hybridized carbons (Fsp3) is 0.378. The molecule has 12 heteroatoms. The van der Waals surface area contributed by atoms with Crippen molar-refractivity contribution < 1.29 is 27.5 Å². The van der Waals surface area contributed by atoms with Gasteiger partial charge >= 0.3 is 6.01 Å². The predicted octanol–water partition coefficient (Wildman–Crippen LogP) is 5.73. The number of hydrogen-bond donors (Lipinski definition) is 0. The van der Waals surface area contributed by atoms with E-state index in [2.05, 4.69) is 27.5 Å². The second-order valence-corrected chi connectivity index (χ2v) is 13.1. The molecule has 2 aromatic carbocycles. The van der Waals surface area contributed by atoms with Crippen molar-refractivity contribution in [3.63, 3.8) is 0 Å². The Balaban J connectivity index is 1.51. The molecule has 0 bridgehead atoms. The van der Waals surface area contributed by atoms with Crippen LogP contribution in [-0.2, 0) is 4.79 Å². The topological polar surface area (TPSA) is 91.8 Å². The molecule has 254 valence electrons. The maximum absolute atomic E-state index is 16.9. The zero-order chi connectivity index (χ0) is 35.2. The van der Waals surface area contributed by atoms with Crippen LogP contribution in [0, 0.1) is 24.0 Å². The molecule has 3 atom stereocenters. The lowest BCUT2D eigenvalue weighted by Gasteiger charge is -2.31. The van der Waals surface area contributed by atoms with Gasteiger partial charge in [0.1, 0.15) is 35.6 Å². The van der Waals surface area contributed by atoms with E-state index in [4.69, 9.17) is 11.2 Å². The van der Waals surface area contributed by atoms with Gasteiger partial charge in [0, 0.05) is 61.9 Å². The summed E-state index contributed by atoms with van der Waals surface area (Å²) in [7, 11) is 3.59. The molecule has 0 N–H and O–H groups in total. The van der Waals surface area contributed by atoms with Gasteiger partial charge in [0.25, 0.3) is 0 Å². The first-order valence-corrected chi connectivity index (χ1v) is 16.1. The lowest BCUT2D eigenvalue weighted by molar-refractivity contribution is -0.126. The summed E-state index contributed by atoms with van der Waals surface area (Å²) in [6, 6.07) is 5.43. The molecule has 2 aliphatic rings. The van der Waals surface area contributed by atoms with Crippen molar-refractivity contribution in [1.82, 2.24) is 24.8 Å². The summed E-state index contributed by atoms with van der Waals surface area (Å²) < 4.78 is 52.3. The first-order chi connectivity index (χ1) is 23.3. The molecule has 2 aliphatic heterocycles. The monoisotopic (exact) mass is 670 g/mol. The molecule has 2 aromatic heterocycles. The SMILES string of the molecule is C#Cc1c(F)ccc2cc(C(C)=O)cc(-c3ncc4c(N(C)C[C@@H]5CCCN5C(=O)C=C)nc(OC[C@]5(C)C[C@@H](F)CN5C)nc4c3F)c12. The van der Waals surface area contributed by atoms with Gasteiger partial charge in [0.15, 0.2) is 11.6 Å². The number of amides is 1. The van der Waals surface area contributed by atoms with E-state index in [-0.39, 0.29) is 82.0 Å². The normalized spacial score (nSPS) is 20.9. The number of likely N-dealkylation sites (tertiary alicyclic amines) is 2. The van der Waals surface area contributed by atoms with Gasteiger partial charge in [-0.2, -0.15) is 9.97 Å². The average Bonchev–Trinajstić information content (AvgIpc) is 3.64. The standard InChI is InChI=1S/C37H37F3N6O3/c1-7-26-29(39)12-11-22-14-23(21(3)47)15-27(31(22)26)33-32(40)34-28(17-41-33)35(44(5)19-25-10-9-13-46(25)30(48)8-2)43-36(42-34)49-20-37(4)16-24(38)18-45(37)6/h1,8,11-12,14-15,17,24-25H,2,9-10,13,16,18-20H2,3-6H3/t24-,25+,37+/m1/s1. The molecule has 6 rings (SSSR count). The van der Waals surface area contributed by atoms with Crippen molar-refractivity contribution in [3.05, 3.63) is 65.9 Å². The number of pyridine rings is 1.